The molecular formula is C14H24BrN3. The van der Waals surface area contributed by atoms with Gasteiger partial charge in [0.1, 0.15) is 0 Å². The van der Waals surface area contributed by atoms with Gasteiger partial charge >= 0.3 is 0 Å². The minimum atomic E-state index is 0.672. The first kappa shape index (κ1) is 14.1. The van der Waals surface area contributed by atoms with Gasteiger partial charge < -0.3 is 5.32 Å². The van der Waals surface area contributed by atoms with Crippen molar-refractivity contribution in [2.75, 3.05) is 13.1 Å². The normalized spacial score (nSPS) is 23.7. The van der Waals surface area contributed by atoms with Crippen LogP contribution in [0.5, 0.6) is 0 Å². The molecule has 102 valence electrons. The van der Waals surface area contributed by atoms with Gasteiger partial charge in [-0.25, -0.2) is 0 Å². The number of hydrogen-bond acceptors (Lipinski definition) is 2. The first-order valence-electron chi connectivity index (χ1n) is 7.19. The minimum Gasteiger partial charge on any atom is -0.316 e. The van der Waals surface area contributed by atoms with Gasteiger partial charge in [-0.1, -0.05) is 13.3 Å². The molecular weight excluding hydrogens is 290 g/mol. The number of halogens is 1. The number of aryl methyl sites for hydroxylation is 1. The fourth-order valence-electron chi connectivity index (χ4n) is 3.10. The maximum Gasteiger partial charge on any atom is 0.0635 e. The Morgan fingerprint density at radius 2 is 2.28 bits per heavy atom. The van der Waals surface area contributed by atoms with Crippen LogP contribution in [-0.2, 0) is 6.54 Å². The monoisotopic (exact) mass is 313 g/mol. The molecule has 2 unspecified atom stereocenters. The Kier molecular flexibility index (Phi) is 5.25. The van der Waals surface area contributed by atoms with Crippen molar-refractivity contribution in [3.63, 3.8) is 0 Å². The Labute approximate surface area is 118 Å². The van der Waals surface area contributed by atoms with E-state index < -0.39 is 0 Å². The maximum absolute atomic E-state index is 4.46. The molecule has 1 N–H and O–H groups in total. The first-order chi connectivity index (χ1) is 8.77. The number of hydrogen-bond donors (Lipinski definition) is 1. The van der Waals surface area contributed by atoms with Crippen molar-refractivity contribution in [3.8, 4) is 0 Å². The van der Waals surface area contributed by atoms with E-state index in [4.69, 9.17) is 0 Å². The molecule has 0 aliphatic heterocycles. The second kappa shape index (κ2) is 6.71. The average molecular weight is 314 g/mol. The van der Waals surface area contributed by atoms with Crippen molar-refractivity contribution >= 4 is 15.9 Å². The van der Waals surface area contributed by atoms with Gasteiger partial charge in [0.2, 0.25) is 0 Å². The van der Waals surface area contributed by atoms with Crippen LogP contribution in [0.2, 0.25) is 0 Å². The Bertz CT molecular complexity index is 375. The number of nitrogens with one attached hydrogen (secondary N) is 1. The highest BCUT2D eigenvalue weighted by molar-refractivity contribution is 9.10. The van der Waals surface area contributed by atoms with Crippen LogP contribution in [0.3, 0.4) is 0 Å². The largest absolute Gasteiger partial charge is 0.316 e. The smallest absolute Gasteiger partial charge is 0.0635 e. The van der Waals surface area contributed by atoms with E-state index in [2.05, 4.69) is 44.9 Å². The Balaban J connectivity index is 2.08. The van der Waals surface area contributed by atoms with Gasteiger partial charge in [0.05, 0.1) is 16.4 Å². The van der Waals surface area contributed by atoms with Crippen molar-refractivity contribution < 1.29 is 0 Å². The fraction of sp³-hybridized carbons (Fsp3) is 0.786. The van der Waals surface area contributed by atoms with E-state index in [9.17, 15) is 0 Å². The van der Waals surface area contributed by atoms with Crippen LogP contribution in [0.4, 0.5) is 0 Å². The topological polar surface area (TPSA) is 29.9 Å². The second-order valence-electron chi connectivity index (χ2n) is 5.20. The lowest BCUT2D eigenvalue weighted by Gasteiger charge is -2.21. The van der Waals surface area contributed by atoms with Crippen LogP contribution in [0, 0.1) is 5.92 Å². The summed E-state index contributed by atoms with van der Waals surface area (Å²) in [6.07, 6.45) is 7.18. The van der Waals surface area contributed by atoms with Gasteiger partial charge in [0.15, 0.2) is 0 Å². The molecule has 0 aromatic carbocycles. The van der Waals surface area contributed by atoms with Crippen molar-refractivity contribution in [3.05, 3.63) is 16.4 Å². The summed E-state index contributed by atoms with van der Waals surface area (Å²) in [6.45, 7) is 7.65. The summed E-state index contributed by atoms with van der Waals surface area (Å²) in [5.41, 5.74) is 1.42. The summed E-state index contributed by atoms with van der Waals surface area (Å²) in [7, 11) is 0. The summed E-state index contributed by atoms with van der Waals surface area (Å²) >= 11 is 3.67. The van der Waals surface area contributed by atoms with E-state index in [0.29, 0.717) is 5.92 Å². The zero-order chi connectivity index (χ0) is 13.0. The van der Waals surface area contributed by atoms with Gasteiger partial charge in [0.25, 0.3) is 0 Å². The zero-order valence-corrected chi connectivity index (χ0v) is 13.0. The molecule has 1 fully saturated rings. The molecule has 1 saturated carbocycles. The molecule has 1 aromatic heterocycles. The average Bonchev–Trinajstić information content (AvgIpc) is 2.95. The molecule has 2 atom stereocenters. The zero-order valence-electron chi connectivity index (χ0n) is 11.5. The maximum atomic E-state index is 4.46. The van der Waals surface area contributed by atoms with E-state index >= 15 is 0 Å². The van der Waals surface area contributed by atoms with Crippen molar-refractivity contribution in [1.82, 2.24) is 15.1 Å². The van der Waals surface area contributed by atoms with E-state index in [1.54, 1.807) is 0 Å². The lowest BCUT2D eigenvalue weighted by molar-refractivity contribution is 0.421. The Morgan fingerprint density at radius 1 is 1.44 bits per heavy atom. The van der Waals surface area contributed by atoms with Gasteiger partial charge in [-0.3, -0.25) is 4.68 Å². The van der Waals surface area contributed by atoms with Crippen LogP contribution in [0.1, 0.15) is 51.1 Å². The molecule has 2 rings (SSSR count). The lowest BCUT2D eigenvalue weighted by atomic mass is 9.92. The van der Waals surface area contributed by atoms with Crippen LogP contribution in [0.15, 0.2) is 10.7 Å². The van der Waals surface area contributed by atoms with E-state index in [-0.39, 0.29) is 0 Å². The predicted octanol–water partition coefficient (Wildman–Crippen LogP) is 3.55. The summed E-state index contributed by atoms with van der Waals surface area (Å²) in [5, 5.41) is 8.04. The van der Waals surface area contributed by atoms with Crippen LogP contribution in [-0.4, -0.2) is 22.9 Å². The summed E-state index contributed by atoms with van der Waals surface area (Å²) < 4.78 is 3.35. The molecule has 0 spiro atoms. The summed E-state index contributed by atoms with van der Waals surface area (Å²) in [5.74, 6) is 1.45. The summed E-state index contributed by atoms with van der Waals surface area (Å²) in [4.78, 5) is 0. The van der Waals surface area contributed by atoms with Gasteiger partial charge in [0, 0.05) is 12.5 Å². The molecule has 0 saturated heterocycles. The highest BCUT2D eigenvalue weighted by Crippen LogP contribution is 2.41. The quantitative estimate of drug-likeness (QED) is 0.814. The molecule has 18 heavy (non-hydrogen) atoms. The first-order valence-corrected chi connectivity index (χ1v) is 7.99. The van der Waals surface area contributed by atoms with E-state index in [1.165, 1.54) is 35.8 Å². The number of rotatable bonds is 6. The molecule has 1 heterocycles. The molecule has 1 aliphatic carbocycles. The van der Waals surface area contributed by atoms with Crippen LogP contribution < -0.4 is 5.32 Å². The standard InChI is InChI=1S/C14H24BrN3/c1-3-8-16-9-11-6-5-7-12(11)14-13(15)10-17-18(14)4-2/h10-12,16H,3-9H2,1-2H3. The van der Waals surface area contributed by atoms with Crippen LogP contribution in [0.25, 0.3) is 0 Å². The summed E-state index contributed by atoms with van der Waals surface area (Å²) in [6, 6.07) is 0. The molecule has 1 aliphatic rings. The second-order valence-corrected chi connectivity index (χ2v) is 6.05. The van der Waals surface area contributed by atoms with Gasteiger partial charge in [-0.2, -0.15) is 5.10 Å². The Morgan fingerprint density at radius 3 is 3.00 bits per heavy atom. The van der Waals surface area contributed by atoms with E-state index in [0.717, 1.165) is 25.6 Å². The third-order valence-corrected chi connectivity index (χ3v) is 4.59. The lowest BCUT2D eigenvalue weighted by Crippen LogP contribution is -2.26. The number of nitrogens with zero attached hydrogens (tertiary/aromatic N) is 2. The van der Waals surface area contributed by atoms with Crippen LogP contribution >= 0.6 is 15.9 Å². The van der Waals surface area contributed by atoms with Crippen molar-refractivity contribution in [1.29, 1.82) is 0 Å². The highest BCUT2D eigenvalue weighted by atomic mass is 79.9. The van der Waals surface area contributed by atoms with Gasteiger partial charge in [-0.15, -0.1) is 0 Å². The molecule has 0 bridgehead atoms. The molecule has 0 amide bonds. The Hall–Kier alpha value is -0.350. The number of aromatic nitrogens is 2. The minimum absolute atomic E-state index is 0.672. The molecule has 0 radical (unpaired) electrons. The van der Waals surface area contributed by atoms with E-state index in [1.807, 2.05) is 6.20 Å². The predicted molar refractivity (Wildman–Crippen MR) is 78.8 cm³/mol. The SMILES string of the molecule is CCCNCC1CCCC1c1c(Br)cnn1CC. The van der Waals surface area contributed by atoms with Crippen molar-refractivity contribution in [2.24, 2.45) is 5.92 Å². The molecule has 1 aromatic rings. The third-order valence-electron chi connectivity index (χ3n) is 3.98. The molecule has 4 heteroatoms. The third kappa shape index (κ3) is 2.97. The molecule has 3 nitrogen and oxygen atoms in total. The fourth-order valence-corrected chi connectivity index (χ4v) is 3.69. The van der Waals surface area contributed by atoms with Gasteiger partial charge in [-0.05, 0) is 61.1 Å². The van der Waals surface area contributed by atoms with Crippen molar-refractivity contribution in [2.45, 2.75) is 52.0 Å². The highest BCUT2D eigenvalue weighted by Gasteiger charge is 2.31.